The average Bonchev–Trinajstić information content (AvgIpc) is 2.81. The molecule has 22 heavy (non-hydrogen) atoms. The van der Waals surface area contributed by atoms with Crippen molar-refractivity contribution < 1.29 is 28.9 Å². The maximum Gasteiger partial charge on any atom is 0.294 e. The second kappa shape index (κ2) is 8.69. The fourth-order valence-corrected chi connectivity index (χ4v) is 2.30. The zero-order valence-electron chi connectivity index (χ0n) is 13.1. The van der Waals surface area contributed by atoms with E-state index in [4.69, 9.17) is 14.2 Å². The third kappa shape index (κ3) is 4.17. The molecule has 1 fully saturated rings. The van der Waals surface area contributed by atoms with E-state index in [2.05, 4.69) is 5.32 Å². The van der Waals surface area contributed by atoms with Crippen LogP contribution in [0.1, 0.15) is 0 Å². The highest BCUT2D eigenvalue weighted by molar-refractivity contribution is 5.97. The SMILES string of the molecule is CNCC1OC(N(C)/C=C(/OC)C(=O)NC=O)C(O)C1OC. The predicted octanol–water partition coefficient (Wildman–Crippen LogP) is -2.00. The third-order valence-corrected chi connectivity index (χ3v) is 3.34. The summed E-state index contributed by atoms with van der Waals surface area (Å²) in [6.07, 6.45) is -0.834. The van der Waals surface area contributed by atoms with Crippen LogP contribution in [-0.2, 0) is 23.8 Å². The lowest BCUT2D eigenvalue weighted by atomic mass is 10.1. The van der Waals surface area contributed by atoms with E-state index in [1.54, 1.807) is 14.1 Å². The number of imide groups is 1. The number of aliphatic hydroxyl groups is 1. The van der Waals surface area contributed by atoms with Gasteiger partial charge in [0.15, 0.2) is 12.0 Å². The number of hydrogen-bond acceptors (Lipinski definition) is 8. The van der Waals surface area contributed by atoms with Gasteiger partial charge in [0.1, 0.15) is 18.3 Å². The number of ether oxygens (including phenoxy) is 3. The van der Waals surface area contributed by atoms with Crippen LogP contribution in [0.2, 0.25) is 0 Å². The monoisotopic (exact) mass is 317 g/mol. The van der Waals surface area contributed by atoms with Crippen molar-refractivity contribution in [3.05, 3.63) is 12.0 Å². The van der Waals surface area contributed by atoms with Crippen LogP contribution in [0.15, 0.2) is 12.0 Å². The number of nitrogens with zero attached hydrogens (tertiary/aromatic N) is 1. The summed E-state index contributed by atoms with van der Waals surface area (Å²) >= 11 is 0. The van der Waals surface area contributed by atoms with Crippen LogP contribution in [0.4, 0.5) is 0 Å². The summed E-state index contributed by atoms with van der Waals surface area (Å²) in [6.45, 7) is 0.506. The second-order valence-corrected chi connectivity index (χ2v) is 4.77. The van der Waals surface area contributed by atoms with E-state index >= 15 is 0 Å². The summed E-state index contributed by atoms with van der Waals surface area (Å²) in [6, 6.07) is 0. The molecule has 1 aliphatic heterocycles. The molecule has 4 atom stereocenters. The van der Waals surface area contributed by atoms with Gasteiger partial charge in [-0.15, -0.1) is 0 Å². The molecule has 9 nitrogen and oxygen atoms in total. The molecule has 0 spiro atoms. The van der Waals surface area contributed by atoms with Crippen molar-refractivity contribution >= 4 is 12.3 Å². The number of hydrogen-bond donors (Lipinski definition) is 3. The molecule has 2 amide bonds. The quantitative estimate of drug-likeness (QED) is 0.268. The average molecular weight is 317 g/mol. The van der Waals surface area contributed by atoms with Gasteiger partial charge in [-0.25, -0.2) is 0 Å². The van der Waals surface area contributed by atoms with Gasteiger partial charge in [-0.2, -0.15) is 0 Å². The molecule has 0 aromatic carbocycles. The van der Waals surface area contributed by atoms with Gasteiger partial charge in [0, 0.05) is 26.9 Å². The van der Waals surface area contributed by atoms with Gasteiger partial charge in [0.25, 0.3) is 5.91 Å². The largest absolute Gasteiger partial charge is 0.490 e. The molecule has 0 saturated carbocycles. The van der Waals surface area contributed by atoms with Gasteiger partial charge in [-0.05, 0) is 7.05 Å². The van der Waals surface area contributed by atoms with Gasteiger partial charge >= 0.3 is 0 Å². The Kier molecular flexibility index (Phi) is 7.25. The Morgan fingerprint density at radius 1 is 1.45 bits per heavy atom. The molecule has 4 unspecified atom stereocenters. The van der Waals surface area contributed by atoms with E-state index in [9.17, 15) is 14.7 Å². The van der Waals surface area contributed by atoms with Crippen molar-refractivity contribution in [2.75, 3.05) is 34.9 Å². The summed E-state index contributed by atoms with van der Waals surface area (Å²) in [5.41, 5.74) is 0. The van der Waals surface area contributed by atoms with Crippen LogP contribution >= 0.6 is 0 Å². The first-order chi connectivity index (χ1) is 10.5. The van der Waals surface area contributed by atoms with Crippen molar-refractivity contribution in [2.45, 2.75) is 24.5 Å². The second-order valence-electron chi connectivity index (χ2n) is 4.77. The van der Waals surface area contributed by atoms with E-state index in [-0.39, 0.29) is 18.3 Å². The minimum atomic E-state index is -0.906. The minimum Gasteiger partial charge on any atom is -0.490 e. The van der Waals surface area contributed by atoms with Crippen LogP contribution in [0.5, 0.6) is 0 Å². The number of carbonyl (C=O) groups is 2. The van der Waals surface area contributed by atoms with E-state index in [0.717, 1.165) is 0 Å². The molecule has 0 radical (unpaired) electrons. The van der Waals surface area contributed by atoms with Crippen LogP contribution < -0.4 is 10.6 Å². The maximum absolute atomic E-state index is 11.6. The normalized spacial score (nSPS) is 28.3. The molecule has 0 bridgehead atoms. The minimum absolute atomic E-state index is 0.0866. The van der Waals surface area contributed by atoms with Gasteiger partial charge in [-0.1, -0.05) is 0 Å². The molecule has 0 aliphatic carbocycles. The van der Waals surface area contributed by atoms with Crippen LogP contribution in [0.25, 0.3) is 0 Å². The van der Waals surface area contributed by atoms with Crippen molar-refractivity contribution in [2.24, 2.45) is 0 Å². The Bertz CT molecular complexity index is 417. The van der Waals surface area contributed by atoms with Gasteiger partial charge in [0.05, 0.1) is 7.11 Å². The van der Waals surface area contributed by atoms with Gasteiger partial charge < -0.3 is 29.5 Å². The smallest absolute Gasteiger partial charge is 0.294 e. The summed E-state index contributed by atoms with van der Waals surface area (Å²) in [5.74, 6) is -0.775. The molecule has 1 saturated heterocycles. The molecular formula is C13H23N3O6. The van der Waals surface area contributed by atoms with Crippen molar-refractivity contribution in [3.8, 4) is 0 Å². The van der Waals surface area contributed by atoms with E-state index in [1.807, 2.05) is 5.32 Å². The maximum atomic E-state index is 11.6. The highest BCUT2D eigenvalue weighted by Gasteiger charge is 2.45. The van der Waals surface area contributed by atoms with Crippen LogP contribution in [-0.4, -0.2) is 81.7 Å². The standard InChI is InChI=1S/C13H23N3O6/c1-14-5-8-11(21-4)10(18)13(22-8)16(2)6-9(20-3)12(19)15-7-17/h6-8,10-11,13-14,18H,5H2,1-4H3,(H,15,17,19)/b9-6+. The molecule has 0 aromatic heterocycles. The van der Waals surface area contributed by atoms with E-state index in [1.165, 1.54) is 25.3 Å². The van der Waals surface area contributed by atoms with Crippen LogP contribution in [0, 0.1) is 0 Å². The number of rotatable bonds is 8. The number of aliphatic hydroxyl groups excluding tert-OH is 1. The van der Waals surface area contributed by atoms with Gasteiger partial charge in [-0.3, -0.25) is 14.9 Å². The number of methoxy groups -OCH3 is 2. The third-order valence-electron chi connectivity index (χ3n) is 3.34. The lowest BCUT2D eigenvalue weighted by Gasteiger charge is -2.25. The summed E-state index contributed by atoms with van der Waals surface area (Å²) in [4.78, 5) is 23.4. The van der Waals surface area contributed by atoms with Gasteiger partial charge in [0.2, 0.25) is 6.41 Å². The van der Waals surface area contributed by atoms with Crippen LogP contribution in [0.3, 0.4) is 0 Å². The molecule has 1 heterocycles. The molecule has 0 aromatic rings. The number of carbonyl (C=O) groups excluding carboxylic acids is 2. The first-order valence-electron chi connectivity index (χ1n) is 6.73. The van der Waals surface area contributed by atoms with Crippen molar-refractivity contribution in [3.63, 3.8) is 0 Å². The van der Waals surface area contributed by atoms with E-state index in [0.29, 0.717) is 6.54 Å². The number of likely N-dealkylation sites (N-methyl/N-ethyl adjacent to an activating group) is 2. The van der Waals surface area contributed by atoms with Crippen molar-refractivity contribution in [1.29, 1.82) is 0 Å². The molecule has 1 aliphatic rings. The summed E-state index contributed by atoms with van der Waals surface area (Å²) in [7, 11) is 6.19. The Hall–Kier alpha value is -1.68. The Balaban J connectivity index is 2.85. The summed E-state index contributed by atoms with van der Waals surface area (Å²) in [5, 5.41) is 15.2. The predicted molar refractivity (Wildman–Crippen MR) is 76.5 cm³/mol. The topological polar surface area (TPSA) is 109 Å². The highest BCUT2D eigenvalue weighted by Crippen LogP contribution is 2.25. The first-order valence-corrected chi connectivity index (χ1v) is 6.73. The van der Waals surface area contributed by atoms with Crippen molar-refractivity contribution in [1.82, 2.24) is 15.5 Å². The lowest BCUT2D eigenvalue weighted by Crippen LogP contribution is -2.41. The summed E-state index contributed by atoms with van der Waals surface area (Å²) < 4.78 is 15.9. The first kappa shape index (κ1) is 18.4. The highest BCUT2D eigenvalue weighted by atomic mass is 16.6. The molecule has 3 N–H and O–H groups in total. The van der Waals surface area contributed by atoms with E-state index < -0.39 is 24.3 Å². The molecular weight excluding hydrogens is 294 g/mol. The molecule has 1 rings (SSSR count). The number of nitrogens with one attached hydrogen (secondary N) is 2. The molecule has 126 valence electrons. The molecule has 9 heteroatoms. The fourth-order valence-electron chi connectivity index (χ4n) is 2.30. The number of amides is 2. The Morgan fingerprint density at radius 2 is 2.14 bits per heavy atom. The zero-order valence-corrected chi connectivity index (χ0v) is 13.1. The fraction of sp³-hybridized carbons (Fsp3) is 0.692. The Morgan fingerprint density at radius 3 is 2.64 bits per heavy atom. The lowest BCUT2D eigenvalue weighted by molar-refractivity contribution is -0.125. The Labute approximate surface area is 129 Å². The zero-order chi connectivity index (χ0) is 16.7.